The lowest BCUT2D eigenvalue weighted by Gasteiger charge is -2.06. The molecule has 0 aliphatic carbocycles. The van der Waals surface area contributed by atoms with Gasteiger partial charge in [-0.2, -0.15) is 0 Å². The van der Waals surface area contributed by atoms with Crippen LogP contribution in [0.5, 0.6) is 0 Å². The first-order valence-electron chi connectivity index (χ1n) is 6.31. The third-order valence-electron chi connectivity index (χ3n) is 3.35. The average molecular weight is 324 g/mol. The van der Waals surface area contributed by atoms with Crippen molar-refractivity contribution in [2.24, 2.45) is 0 Å². The normalized spacial score (nSPS) is 11.2. The summed E-state index contributed by atoms with van der Waals surface area (Å²) in [6.45, 7) is 0. The maximum Gasteiger partial charge on any atom is 0.235 e. The number of fused-ring (bicyclic) bond motifs is 3. The molecule has 0 unspecified atom stereocenters. The van der Waals surface area contributed by atoms with E-state index in [9.17, 15) is 0 Å². The van der Waals surface area contributed by atoms with Gasteiger partial charge in [0.15, 0.2) is 0 Å². The van der Waals surface area contributed by atoms with Crippen molar-refractivity contribution in [3.63, 3.8) is 0 Å². The van der Waals surface area contributed by atoms with Crippen molar-refractivity contribution in [3.05, 3.63) is 65.3 Å². The van der Waals surface area contributed by atoms with Crippen LogP contribution in [0.4, 0.5) is 0 Å². The van der Waals surface area contributed by atoms with Crippen LogP contribution in [-0.2, 0) is 0 Å². The number of hydrogen-bond acceptors (Lipinski definition) is 2. The Morgan fingerprint density at radius 3 is 2.55 bits per heavy atom. The molecule has 2 aromatic heterocycles. The summed E-state index contributed by atoms with van der Waals surface area (Å²) < 4.78 is 3.17. The van der Waals surface area contributed by atoms with E-state index in [2.05, 4.69) is 48.5 Å². The molecule has 0 aliphatic rings. The predicted molar refractivity (Wildman–Crippen MR) is 83.6 cm³/mol. The standard InChI is InChI=1S/C16H10BrN3/c17-12-7-5-11(6-8-12)14-9-10-18-16-19-13-3-1-2-4-15(13)20(14)16/h1-10H. The molecule has 0 atom stereocenters. The van der Waals surface area contributed by atoms with Crippen molar-refractivity contribution in [1.82, 2.24) is 14.4 Å². The number of hydrogen-bond donors (Lipinski definition) is 0. The zero-order valence-corrected chi connectivity index (χ0v) is 12.1. The predicted octanol–water partition coefficient (Wildman–Crippen LogP) is 4.31. The molecule has 0 spiro atoms. The van der Waals surface area contributed by atoms with Gasteiger partial charge >= 0.3 is 0 Å². The summed E-state index contributed by atoms with van der Waals surface area (Å²) in [7, 11) is 0. The van der Waals surface area contributed by atoms with Gasteiger partial charge in [0.25, 0.3) is 0 Å². The Hall–Kier alpha value is -2.20. The van der Waals surface area contributed by atoms with Crippen molar-refractivity contribution in [2.45, 2.75) is 0 Å². The molecule has 0 aliphatic heterocycles. The van der Waals surface area contributed by atoms with E-state index in [0.717, 1.165) is 32.5 Å². The number of imidazole rings is 1. The van der Waals surface area contributed by atoms with E-state index in [-0.39, 0.29) is 0 Å². The van der Waals surface area contributed by atoms with Gasteiger partial charge in [0.05, 0.1) is 16.7 Å². The SMILES string of the molecule is Brc1ccc(-c2ccnc3nc4ccccc4n23)cc1. The van der Waals surface area contributed by atoms with Crippen LogP contribution in [0.25, 0.3) is 28.1 Å². The Kier molecular flexibility index (Phi) is 2.57. The third kappa shape index (κ3) is 1.72. The molecule has 0 amide bonds. The fraction of sp³-hybridized carbons (Fsp3) is 0. The number of rotatable bonds is 1. The van der Waals surface area contributed by atoms with Gasteiger partial charge in [-0.3, -0.25) is 4.40 Å². The highest BCUT2D eigenvalue weighted by molar-refractivity contribution is 9.10. The van der Waals surface area contributed by atoms with E-state index in [1.165, 1.54) is 0 Å². The van der Waals surface area contributed by atoms with Gasteiger partial charge in [-0.25, -0.2) is 9.97 Å². The molecule has 2 aromatic carbocycles. The minimum absolute atomic E-state index is 0.728. The summed E-state index contributed by atoms with van der Waals surface area (Å²) in [6.07, 6.45) is 1.80. The van der Waals surface area contributed by atoms with Crippen molar-refractivity contribution >= 4 is 32.7 Å². The Morgan fingerprint density at radius 1 is 0.900 bits per heavy atom. The second-order valence-corrected chi connectivity index (χ2v) is 5.49. The van der Waals surface area contributed by atoms with Gasteiger partial charge in [0, 0.05) is 10.7 Å². The van der Waals surface area contributed by atoms with Gasteiger partial charge in [0.2, 0.25) is 5.78 Å². The highest BCUT2D eigenvalue weighted by atomic mass is 79.9. The summed E-state index contributed by atoms with van der Waals surface area (Å²) in [5, 5.41) is 0. The molecule has 0 bridgehead atoms. The molecular weight excluding hydrogens is 314 g/mol. The van der Waals surface area contributed by atoms with E-state index in [4.69, 9.17) is 0 Å². The maximum atomic E-state index is 4.56. The van der Waals surface area contributed by atoms with Crippen molar-refractivity contribution < 1.29 is 0 Å². The van der Waals surface area contributed by atoms with Crippen LogP contribution < -0.4 is 0 Å². The van der Waals surface area contributed by atoms with Crippen molar-refractivity contribution in [1.29, 1.82) is 0 Å². The minimum Gasteiger partial charge on any atom is -0.276 e. The molecular formula is C16H10BrN3. The maximum absolute atomic E-state index is 4.56. The van der Waals surface area contributed by atoms with Crippen molar-refractivity contribution in [2.75, 3.05) is 0 Å². The van der Waals surface area contributed by atoms with Crippen LogP contribution in [-0.4, -0.2) is 14.4 Å². The monoisotopic (exact) mass is 323 g/mol. The minimum atomic E-state index is 0.728. The fourth-order valence-electron chi connectivity index (χ4n) is 2.43. The van der Waals surface area contributed by atoms with Crippen molar-refractivity contribution in [3.8, 4) is 11.3 Å². The van der Waals surface area contributed by atoms with Gasteiger partial charge in [-0.15, -0.1) is 0 Å². The molecule has 4 rings (SSSR count). The summed E-state index contributed by atoms with van der Waals surface area (Å²) in [4.78, 5) is 8.93. The number of nitrogens with zero attached hydrogens (tertiary/aromatic N) is 3. The number of aromatic nitrogens is 3. The van der Waals surface area contributed by atoms with Gasteiger partial charge < -0.3 is 0 Å². The van der Waals surface area contributed by atoms with E-state index >= 15 is 0 Å². The fourth-order valence-corrected chi connectivity index (χ4v) is 2.70. The Labute approximate surface area is 124 Å². The zero-order valence-electron chi connectivity index (χ0n) is 10.5. The zero-order chi connectivity index (χ0) is 13.5. The van der Waals surface area contributed by atoms with Crippen LogP contribution in [0.3, 0.4) is 0 Å². The molecule has 4 heteroatoms. The molecule has 20 heavy (non-hydrogen) atoms. The summed E-state index contributed by atoms with van der Waals surface area (Å²) in [5.74, 6) is 0.728. The summed E-state index contributed by atoms with van der Waals surface area (Å²) in [6, 6.07) is 18.4. The van der Waals surface area contributed by atoms with E-state index in [0.29, 0.717) is 0 Å². The molecule has 0 saturated heterocycles. The molecule has 0 N–H and O–H groups in total. The van der Waals surface area contributed by atoms with Crippen LogP contribution in [0, 0.1) is 0 Å². The molecule has 96 valence electrons. The Balaban J connectivity index is 2.11. The van der Waals surface area contributed by atoms with E-state index in [1.807, 2.05) is 36.4 Å². The molecule has 4 aromatic rings. The van der Waals surface area contributed by atoms with E-state index < -0.39 is 0 Å². The lowest BCUT2D eigenvalue weighted by molar-refractivity contribution is 1.14. The summed E-state index contributed by atoms with van der Waals surface area (Å²) in [5.41, 5.74) is 4.28. The second-order valence-electron chi connectivity index (χ2n) is 4.57. The largest absolute Gasteiger partial charge is 0.276 e. The average Bonchev–Trinajstić information content (AvgIpc) is 2.86. The molecule has 2 heterocycles. The van der Waals surface area contributed by atoms with E-state index in [1.54, 1.807) is 6.20 Å². The highest BCUT2D eigenvalue weighted by Crippen LogP contribution is 2.25. The number of para-hydroxylation sites is 2. The first-order valence-corrected chi connectivity index (χ1v) is 7.10. The molecule has 3 nitrogen and oxygen atoms in total. The molecule has 0 radical (unpaired) electrons. The van der Waals surface area contributed by atoms with Crippen LogP contribution in [0.2, 0.25) is 0 Å². The highest BCUT2D eigenvalue weighted by Gasteiger charge is 2.09. The van der Waals surface area contributed by atoms with Crippen LogP contribution in [0.1, 0.15) is 0 Å². The quantitative estimate of drug-likeness (QED) is 0.522. The topological polar surface area (TPSA) is 30.2 Å². The van der Waals surface area contributed by atoms with Gasteiger partial charge in [-0.1, -0.05) is 40.2 Å². The number of benzene rings is 2. The smallest absolute Gasteiger partial charge is 0.235 e. The Morgan fingerprint density at radius 2 is 1.70 bits per heavy atom. The first-order chi connectivity index (χ1) is 9.83. The van der Waals surface area contributed by atoms with Gasteiger partial charge in [0.1, 0.15) is 0 Å². The van der Waals surface area contributed by atoms with Gasteiger partial charge in [-0.05, 0) is 35.9 Å². The summed E-state index contributed by atoms with van der Waals surface area (Å²) >= 11 is 3.47. The Bertz CT molecular complexity index is 910. The molecule has 0 saturated carbocycles. The lowest BCUT2D eigenvalue weighted by Crippen LogP contribution is -1.93. The third-order valence-corrected chi connectivity index (χ3v) is 3.88. The first kappa shape index (κ1) is 11.6. The van der Waals surface area contributed by atoms with Crippen LogP contribution in [0.15, 0.2) is 65.3 Å². The lowest BCUT2D eigenvalue weighted by atomic mass is 10.1. The van der Waals surface area contributed by atoms with Crippen LogP contribution >= 0.6 is 15.9 Å². The second kappa shape index (κ2) is 4.42. The number of halogens is 1. The molecule has 0 fully saturated rings.